The first-order chi connectivity index (χ1) is 10.8. The Labute approximate surface area is 142 Å². The van der Waals surface area contributed by atoms with Gasteiger partial charge in [-0.15, -0.1) is 0 Å². The molecule has 4 saturated carbocycles. The van der Waals surface area contributed by atoms with Crippen molar-refractivity contribution in [1.82, 2.24) is 0 Å². The summed E-state index contributed by atoms with van der Waals surface area (Å²) in [5.41, 5.74) is 0.677. The molecule has 8 atom stereocenters. The molecule has 4 aliphatic carbocycles. The quantitative estimate of drug-likeness (QED) is 0.752. The van der Waals surface area contributed by atoms with Crippen LogP contribution in [-0.4, -0.2) is 22.9 Å². The highest BCUT2D eigenvalue weighted by Gasteiger charge is 2.62. The van der Waals surface area contributed by atoms with Gasteiger partial charge in [0.1, 0.15) is 0 Å². The van der Waals surface area contributed by atoms with Crippen molar-refractivity contribution in [1.29, 1.82) is 0 Å². The molecular formula is C21H36O2. The van der Waals surface area contributed by atoms with Crippen LogP contribution in [0.4, 0.5) is 0 Å². The Morgan fingerprint density at radius 2 is 1.65 bits per heavy atom. The highest BCUT2D eigenvalue weighted by atomic mass is 16.3. The van der Waals surface area contributed by atoms with E-state index >= 15 is 0 Å². The first-order valence-electron chi connectivity index (χ1n) is 10.1. The molecule has 132 valence electrons. The van der Waals surface area contributed by atoms with Gasteiger partial charge in [0.25, 0.3) is 0 Å². The average Bonchev–Trinajstić information content (AvgIpc) is 2.93. The molecular weight excluding hydrogens is 284 g/mol. The van der Waals surface area contributed by atoms with Crippen molar-refractivity contribution in [2.45, 2.75) is 84.7 Å². The van der Waals surface area contributed by atoms with Crippen LogP contribution in [0.25, 0.3) is 0 Å². The Bertz CT molecular complexity index is 476. The maximum atomic E-state index is 10.6. The van der Waals surface area contributed by atoms with Crippen LogP contribution in [0.3, 0.4) is 0 Å². The summed E-state index contributed by atoms with van der Waals surface area (Å²) in [6, 6.07) is 0. The zero-order valence-electron chi connectivity index (χ0n) is 15.4. The smallest absolute Gasteiger partial charge is 0.0618 e. The zero-order chi connectivity index (χ0) is 16.5. The van der Waals surface area contributed by atoms with Gasteiger partial charge in [-0.05, 0) is 85.9 Å². The predicted molar refractivity (Wildman–Crippen MR) is 92.9 cm³/mol. The van der Waals surface area contributed by atoms with Crippen LogP contribution in [0.15, 0.2) is 0 Å². The molecule has 0 aliphatic heterocycles. The Kier molecular flexibility index (Phi) is 3.71. The fourth-order valence-electron chi connectivity index (χ4n) is 8.12. The summed E-state index contributed by atoms with van der Waals surface area (Å²) in [5, 5.41) is 20.7. The van der Waals surface area contributed by atoms with E-state index in [2.05, 4.69) is 20.8 Å². The lowest BCUT2D eigenvalue weighted by molar-refractivity contribution is -0.192. The van der Waals surface area contributed by atoms with Crippen LogP contribution in [0, 0.1) is 39.9 Å². The van der Waals surface area contributed by atoms with Gasteiger partial charge in [-0.3, -0.25) is 0 Å². The summed E-state index contributed by atoms with van der Waals surface area (Å²) >= 11 is 0. The monoisotopic (exact) mass is 320 g/mol. The van der Waals surface area contributed by atoms with Gasteiger partial charge in [0.15, 0.2) is 0 Å². The number of rotatable bonds is 1. The molecule has 4 aliphatic rings. The normalized spacial score (nSPS) is 59.1. The first kappa shape index (κ1) is 16.4. The third-order valence-electron chi connectivity index (χ3n) is 9.50. The van der Waals surface area contributed by atoms with Gasteiger partial charge in [0.2, 0.25) is 0 Å². The van der Waals surface area contributed by atoms with E-state index in [4.69, 9.17) is 0 Å². The molecule has 0 aromatic heterocycles. The summed E-state index contributed by atoms with van der Waals surface area (Å²) in [4.78, 5) is 0. The molecule has 23 heavy (non-hydrogen) atoms. The lowest BCUT2D eigenvalue weighted by Gasteiger charge is -2.64. The minimum absolute atomic E-state index is 0.146. The number of fused-ring (bicyclic) bond motifs is 5. The van der Waals surface area contributed by atoms with E-state index in [1.165, 1.54) is 51.4 Å². The number of hydrogen-bond donors (Lipinski definition) is 2. The Morgan fingerprint density at radius 3 is 2.39 bits per heavy atom. The molecule has 0 radical (unpaired) electrons. The van der Waals surface area contributed by atoms with Gasteiger partial charge in [0, 0.05) is 5.41 Å². The Balaban J connectivity index is 1.67. The number of aliphatic hydroxyl groups excluding tert-OH is 2. The molecule has 2 N–H and O–H groups in total. The van der Waals surface area contributed by atoms with E-state index in [0.29, 0.717) is 16.7 Å². The van der Waals surface area contributed by atoms with Crippen molar-refractivity contribution in [3.63, 3.8) is 0 Å². The minimum atomic E-state index is -0.317. The van der Waals surface area contributed by atoms with Crippen molar-refractivity contribution in [2.24, 2.45) is 39.9 Å². The standard InChI is InChI=1S/C21H36O2/c1-19-10-4-5-15(19)14-6-7-17-20(2,16(14)8-11-19)12-9-18(23)21(17,3)13-22/h14-18,22-23H,4-13H2,1-3H3/t14?,15?,16?,17?,18-,19?,20?,21+/m0/s1. The molecule has 0 aromatic carbocycles. The Morgan fingerprint density at radius 1 is 0.870 bits per heavy atom. The predicted octanol–water partition coefficient (Wildman–Crippen LogP) is 4.39. The minimum Gasteiger partial charge on any atom is -0.396 e. The second kappa shape index (κ2) is 5.21. The fourth-order valence-corrected chi connectivity index (χ4v) is 8.12. The maximum absolute atomic E-state index is 10.6. The van der Waals surface area contributed by atoms with Crippen LogP contribution in [-0.2, 0) is 0 Å². The van der Waals surface area contributed by atoms with E-state index in [0.717, 1.165) is 24.2 Å². The zero-order valence-corrected chi connectivity index (χ0v) is 15.4. The van der Waals surface area contributed by atoms with Gasteiger partial charge in [0.05, 0.1) is 12.7 Å². The molecule has 0 spiro atoms. The van der Waals surface area contributed by atoms with Gasteiger partial charge in [-0.1, -0.05) is 27.2 Å². The Hall–Kier alpha value is -0.0800. The molecule has 6 unspecified atom stereocenters. The highest BCUT2D eigenvalue weighted by Crippen LogP contribution is 2.68. The molecule has 0 bridgehead atoms. The average molecular weight is 321 g/mol. The third kappa shape index (κ3) is 2.06. The highest BCUT2D eigenvalue weighted by molar-refractivity contribution is 5.11. The van der Waals surface area contributed by atoms with Gasteiger partial charge in [-0.2, -0.15) is 0 Å². The molecule has 0 aromatic rings. The molecule has 2 heteroatoms. The topological polar surface area (TPSA) is 40.5 Å². The number of hydrogen-bond acceptors (Lipinski definition) is 2. The van der Waals surface area contributed by atoms with Crippen molar-refractivity contribution in [3.05, 3.63) is 0 Å². The molecule has 4 rings (SSSR count). The first-order valence-corrected chi connectivity index (χ1v) is 10.1. The molecule has 4 fully saturated rings. The summed E-state index contributed by atoms with van der Waals surface area (Å²) < 4.78 is 0. The fraction of sp³-hybridized carbons (Fsp3) is 1.00. The lowest BCUT2D eigenvalue weighted by atomic mass is 9.41. The van der Waals surface area contributed by atoms with Crippen LogP contribution in [0.2, 0.25) is 0 Å². The second-order valence-corrected chi connectivity index (χ2v) is 10.3. The summed E-state index contributed by atoms with van der Waals surface area (Å²) in [7, 11) is 0. The maximum Gasteiger partial charge on any atom is 0.0618 e. The summed E-state index contributed by atoms with van der Waals surface area (Å²) in [6.07, 6.45) is 11.5. The second-order valence-electron chi connectivity index (χ2n) is 10.3. The van der Waals surface area contributed by atoms with Crippen LogP contribution >= 0.6 is 0 Å². The van der Waals surface area contributed by atoms with Crippen molar-refractivity contribution >= 4 is 0 Å². The third-order valence-corrected chi connectivity index (χ3v) is 9.50. The molecule has 0 heterocycles. The lowest BCUT2D eigenvalue weighted by Crippen LogP contribution is -2.60. The van der Waals surface area contributed by atoms with Gasteiger partial charge in [-0.25, -0.2) is 0 Å². The molecule has 0 amide bonds. The van der Waals surface area contributed by atoms with Crippen molar-refractivity contribution in [3.8, 4) is 0 Å². The van der Waals surface area contributed by atoms with E-state index in [1.54, 1.807) is 0 Å². The molecule has 2 nitrogen and oxygen atoms in total. The largest absolute Gasteiger partial charge is 0.396 e. The van der Waals surface area contributed by atoms with Crippen molar-refractivity contribution < 1.29 is 10.2 Å². The van der Waals surface area contributed by atoms with Gasteiger partial charge >= 0.3 is 0 Å². The van der Waals surface area contributed by atoms with Crippen LogP contribution in [0.5, 0.6) is 0 Å². The van der Waals surface area contributed by atoms with E-state index in [1.807, 2.05) is 0 Å². The molecule has 0 saturated heterocycles. The van der Waals surface area contributed by atoms with Crippen molar-refractivity contribution in [2.75, 3.05) is 6.61 Å². The summed E-state index contributed by atoms with van der Waals surface area (Å²) in [5.74, 6) is 3.19. The number of aliphatic hydroxyl groups is 2. The van der Waals surface area contributed by atoms with E-state index in [-0.39, 0.29) is 18.1 Å². The SMILES string of the molecule is CC12CCCC1C1CCC3C(C)(CC[C@H](O)[C@]3(C)CO)C1CC2. The van der Waals surface area contributed by atoms with Crippen LogP contribution in [0.1, 0.15) is 78.6 Å². The van der Waals surface area contributed by atoms with Gasteiger partial charge < -0.3 is 10.2 Å². The van der Waals surface area contributed by atoms with E-state index in [9.17, 15) is 10.2 Å². The van der Waals surface area contributed by atoms with Crippen LogP contribution < -0.4 is 0 Å². The summed E-state index contributed by atoms with van der Waals surface area (Å²) in [6.45, 7) is 7.39. The van der Waals surface area contributed by atoms with E-state index < -0.39 is 0 Å².